The van der Waals surface area contributed by atoms with E-state index in [1.54, 1.807) is 0 Å². The minimum absolute atomic E-state index is 0.0888. The van der Waals surface area contributed by atoms with Crippen LogP contribution in [0, 0.1) is 0 Å². The summed E-state index contributed by atoms with van der Waals surface area (Å²) in [4.78, 5) is 16.6. The predicted molar refractivity (Wildman–Crippen MR) is 77.5 cm³/mol. The molecule has 0 aliphatic carbocycles. The molecule has 2 fully saturated rings. The molecule has 2 heterocycles. The summed E-state index contributed by atoms with van der Waals surface area (Å²) in [6.45, 7) is 5.99. The molecule has 2 saturated heterocycles. The number of aliphatic hydroxyl groups is 1. The molecule has 2 aliphatic heterocycles. The Labute approximate surface area is 121 Å². The standard InChI is InChI=1S/C15H28N2O3/c1-13-4-2-3-7-17(13)15(19)12-16-8-5-14(6-9-16)20-11-10-18/h13-14,18H,2-12H2,1H3. The zero-order chi connectivity index (χ0) is 14.4. The first kappa shape index (κ1) is 15.7. The fourth-order valence-electron chi connectivity index (χ4n) is 3.20. The van der Waals surface area contributed by atoms with Gasteiger partial charge in [0.2, 0.25) is 5.91 Å². The normalized spacial score (nSPS) is 25.9. The fraction of sp³-hybridized carbons (Fsp3) is 0.933. The molecule has 2 aliphatic rings. The van der Waals surface area contributed by atoms with Gasteiger partial charge < -0.3 is 14.7 Å². The summed E-state index contributed by atoms with van der Waals surface area (Å²) in [6, 6.07) is 0.404. The van der Waals surface area contributed by atoms with E-state index in [9.17, 15) is 4.79 Å². The topological polar surface area (TPSA) is 53.0 Å². The van der Waals surface area contributed by atoms with E-state index in [0.717, 1.165) is 45.3 Å². The first-order valence-electron chi connectivity index (χ1n) is 7.95. The molecule has 0 aromatic rings. The maximum absolute atomic E-state index is 12.4. The van der Waals surface area contributed by atoms with Crippen LogP contribution < -0.4 is 0 Å². The highest BCUT2D eigenvalue weighted by Crippen LogP contribution is 2.18. The van der Waals surface area contributed by atoms with Gasteiger partial charge in [0.05, 0.1) is 25.9 Å². The van der Waals surface area contributed by atoms with E-state index < -0.39 is 0 Å². The second-order valence-electron chi connectivity index (χ2n) is 6.00. The summed E-state index contributed by atoms with van der Waals surface area (Å²) >= 11 is 0. The van der Waals surface area contributed by atoms with Crippen LogP contribution in [-0.2, 0) is 9.53 Å². The third-order valence-corrected chi connectivity index (χ3v) is 4.46. The first-order chi connectivity index (χ1) is 9.70. The van der Waals surface area contributed by atoms with Crippen LogP contribution in [0.15, 0.2) is 0 Å². The molecule has 2 rings (SSSR count). The summed E-state index contributed by atoms with van der Waals surface area (Å²) in [5.74, 6) is 0.284. The fourth-order valence-corrected chi connectivity index (χ4v) is 3.20. The van der Waals surface area contributed by atoms with Crippen molar-refractivity contribution in [1.29, 1.82) is 0 Å². The summed E-state index contributed by atoms with van der Waals surface area (Å²) in [7, 11) is 0. The number of piperidine rings is 2. The monoisotopic (exact) mass is 284 g/mol. The van der Waals surface area contributed by atoms with Crippen molar-refractivity contribution in [2.45, 2.75) is 51.2 Å². The van der Waals surface area contributed by atoms with Gasteiger partial charge in [-0.1, -0.05) is 0 Å². The predicted octanol–water partition coefficient (Wildman–Crippen LogP) is 0.861. The van der Waals surface area contributed by atoms with Crippen LogP contribution in [-0.4, -0.2) is 72.4 Å². The SMILES string of the molecule is CC1CCCCN1C(=O)CN1CCC(OCCO)CC1. The summed E-state index contributed by atoms with van der Waals surface area (Å²) < 4.78 is 5.55. The Morgan fingerprint density at radius 1 is 1.20 bits per heavy atom. The lowest BCUT2D eigenvalue weighted by molar-refractivity contribution is -0.136. The van der Waals surface area contributed by atoms with Gasteiger partial charge in [-0.05, 0) is 39.0 Å². The third-order valence-electron chi connectivity index (χ3n) is 4.46. The maximum Gasteiger partial charge on any atom is 0.236 e. The van der Waals surface area contributed by atoms with Crippen LogP contribution in [0.2, 0.25) is 0 Å². The smallest absolute Gasteiger partial charge is 0.236 e. The van der Waals surface area contributed by atoms with E-state index in [1.165, 1.54) is 6.42 Å². The molecule has 20 heavy (non-hydrogen) atoms. The minimum atomic E-state index is 0.0888. The van der Waals surface area contributed by atoms with Gasteiger partial charge in [-0.3, -0.25) is 9.69 Å². The largest absolute Gasteiger partial charge is 0.394 e. The number of likely N-dealkylation sites (tertiary alicyclic amines) is 2. The van der Waals surface area contributed by atoms with Crippen molar-refractivity contribution in [3.05, 3.63) is 0 Å². The van der Waals surface area contributed by atoms with Gasteiger partial charge in [-0.2, -0.15) is 0 Å². The van der Waals surface area contributed by atoms with Crippen LogP contribution in [0.4, 0.5) is 0 Å². The molecule has 0 radical (unpaired) electrons. The number of hydrogen-bond acceptors (Lipinski definition) is 4. The molecule has 1 unspecified atom stereocenters. The van der Waals surface area contributed by atoms with E-state index in [2.05, 4.69) is 16.7 Å². The number of rotatable bonds is 5. The molecule has 0 aromatic heterocycles. The Balaban J connectivity index is 1.70. The van der Waals surface area contributed by atoms with Gasteiger partial charge in [0.25, 0.3) is 0 Å². The second-order valence-corrected chi connectivity index (χ2v) is 6.00. The van der Waals surface area contributed by atoms with Crippen molar-refractivity contribution >= 4 is 5.91 Å². The second kappa shape index (κ2) is 7.96. The Bertz CT molecular complexity index is 303. The number of ether oxygens (including phenoxy) is 1. The third kappa shape index (κ3) is 4.43. The zero-order valence-corrected chi connectivity index (χ0v) is 12.6. The zero-order valence-electron chi connectivity index (χ0n) is 12.6. The average Bonchev–Trinajstić information content (AvgIpc) is 2.47. The first-order valence-corrected chi connectivity index (χ1v) is 7.95. The van der Waals surface area contributed by atoms with Gasteiger partial charge in [-0.15, -0.1) is 0 Å². The van der Waals surface area contributed by atoms with Crippen LogP contribution >= 0.6 is 0 Å². The van der Waals surface area contributed by atoms with Gasteiger partial charge in [-0.25, -0.2) is 0 Å². The van der Waals surface area contributed by atoms with E-state index in [-0.39, 0.29) is 18.6 Å². The molecular weight excluding hydrogens is 256 g/mol. The molecule has 0 saturated carbocycles. The van der Waals surface area contributed by atoms with E-state index in [0.29, 0.717) is 19.2 Å². The Hall–Kier alpha value is -0.650. The van der Waals surface area contributed by atoms with Crippen molar-refractivity contribution in [3.8, 4) is 0 Å². The lowest BCUT2D eigenvalue weighted by Gasteiger charge is -2.37. The lowest BCUT2D eigenvalue weighted by Crippen LogP contribution is -2.48. The molecule has 1 amide bonds. The van der Waals surface area contributed by atoms with E-state index >= 15 is 0 Å². The molecule has 116 valence electrons. The number of carbonyl (C=O) groups is 1. The summed E-state index contributed by atoms with van der Waals surface area (Å²) in [6.07, 6.45) is 5.71. The molecule has 0 bridgehead atoms. The quantitative estimate of drug-likeness (QED) is 0.813. The molecular formula is C15H28N2O3. The molecule has 1 N–H and O–H groups in total. The Kier molecular flexibility index (Phi) is 6.26. The molecule has 1 atom stereocenters. The number of aliphatic hydroxyl groups excluding tert-OH is 1. The number of nitrogens with zero attached hydrogens (tertiary/aromatic N) is 2. The Morgan fingerprint density at radius 3 is 2.60 bits per heavy atom. The van der Waals surface area contributed by atoms with Gasteiger partial charge in [0, 0.05) is 25.7 Å². The van der Waals surface area contributed by atoms with E-state index in [1.807, 2.05) is 0 Å². The van der Waals surface area contributed by atoms with Crippen molar-refractivity contribution < 1.29 is 14.6 Å². The van der Waals surface area contributed by atoms with Crippen molar-refractivity contribution in [2.24, 2.45) is 0 Å². The van der Waals surface area contributed by atoms with Crippen molar-refractivity contribution in [2.75, 3.05) is 39.4 Å². The van der Waals surface area contributed by atoms with Gasteiger partial charge in [0.1, 0.15) is 0 Å². The van der Waals surface area contributed by atoms with Crippen molar-refractivity contribution in [1.82, 2.24) is 9.80 Å². The van der Waals surface area contributed by atoms with Crippen molar-refractivity contribution in [3.63, 3.8) is 0 Å². The highest BCUT2D eigenvalue weighted by Gasteiger charge is 2.26. The van der Waals surface area contributed by atoms with Crippen LogP contribution in [0.3, 0.4) is 0 Å². The molecule has 0 spiro atoms. The molecule has 5 heteroatoms. The summed E-state index contributed by atoms with van der Waals surface area (Å²) in [5, 5.41) is 8.75. The van der Waals surface area contributed by atoms with Crippen LogP contribution in [0.1, 0.15) is 39.0 Å². The van der Waals surface area contributed by atoms with E-state index in [4.69, 9.17) is 9.84 Å². The number of carbonyl (C=O) groups excluding carboxylic acids is 1. The van der Waals surface area contributed by atoms with Crippen LogP contribution in [0.25, 0.3) is 0 Å². The van der Waals surface area contributed by atoms with Crippen LogP contribution in [0.5, 0.6) is 0 Å². The highest BCUT2D eigenvalue weighted by molar-refractivity contribution is 5.78. The molecule has 0 aromatic carbocycles. The number of amides is 1. The van der Waals surface area contributed by atoms with Gasteiger partial charge in [0.15, 0.2) is 0 Å². The van der Waals surface area contributed by atoms with Gasteiger partial charge >= 0.3 is 0 Å². The highest BCUT2D eigenvalue weighted by atomic mass is 16.5. The maximum atomic E-state index is 12.4. The minimum Gasteiger partial charge on any atom is -0.394 e. The lowest BCUT2D eigenvalue weighted by atomic mass is 10.0. The Morgan fingerprint density at radius 2 is 1.95 bits per heavy atom. The number of hydrogen-bond donors (Lipinski definition) is 1. The summed E-state index contributed by atoms with van der Waals surface area (Å²) in [5.41, 5.74) is 0. The average molecular weight is 284 g/mol. The molecule has 5 nitrogen and oxygen atoms in total.